The lowest BCUT2D eigenvalue weighted by Gasteiger charge is -2.05. The highest BCUT2D eigenvalue weighted by atomic mass is 16.6. The summed E-state index contributed by atoms with van der Waals surface area (Å²) in [6, 6.07) is -1.01. The molecule has 0 fully saturated rings. The van der Waals surface area contributed by atoms with Crippen molar-refractivity contribution in [2.45, 2.75) is 83.6 Å². The molecular weight excluding hydrogens is 260 g/mol. The van der Waals surface area contributed by atoms with Gasteiger partial charge in [0.25, 0.3) is 12.6 Å². The number of unbranched alkanes of at least 4 members (excludes halogenated alkanes) is 9. The molecule has 0 aliphatic heterocycles. The first-order valence-corrected chi connectivity index (χ1v) is 7.83. The Morgan fingerprint density at radius 3 is 1.65 bits per heavy atom. The number of hydrogen-bond acceptors (Lipinski definition) is 4. The van der Waals surface area contributed by atoms with Gasteiger partial charge in [-0.2, -0.15) is 0 Å². The molecule has 1 atom stereocenters. The maximum absolute atomic E-state index is 10.6. The second-order valence-corrected chi connectivity index (χ2v) is 5.43. The summed E-state index contributed by atoms with van der Waals surface area (Å²) in [5, 5.41) is 20.9. The Kier molecular flexibility index (Phi) is 12.0. The van der Waals surface area contributed by atoms with Crippen LogP contribution in [0.1, 0.15) is 77.6 Å². The monoisotopic (exact) mass is 288 g/mol. The molecule has 6 nitrogen and oxygen atoms in total. The summed E-state index contributed by atoms with van der Waals surface area (Å²) in [6.07, 6.45) is 12.0. The molecule has 0 bridgehead atoms. The smallest absolute Gasteiger partial charge is 0.264 e. The minimum absolute atomic E-state index is 0.324. The van der Waals surface area contributed by atoms with Gasteiger partial charge in [-0.1, -0.05) is 64.7 Å². The molecule has 0 heterocycles. The minimum atomic E-state index is -1.01. The van der Waals surface area contributed by atoms with E-state index in [-0.39, 0.29) is 0 Å². The van der Waals surface area contributed by atoms with Crippen LogP contribution in [-0.4, -0.2) is 22.4 Å². The quantitative estimate of drug-likeness (QED) is 0.272. The van der Waals surface area contributed by atoms with Crippen LogP contribution in [-0.2, 0) is 0 Å². The van der Waals surface area contributed by atoms with Crippen LogP contribution in [0, 0.1) is 20.2 Å². The lowest BCUT2D eigenvalue weighted by atomic mass is 10.0. The van der Waals surface area contributed by atoms with Crippen LogP contribution in [0.25, 0.3) is 0 Å². The number of nitrogens with zero attached hydrogens (tertiary/aromatic N) is 2. The molecule has 118 valence electrons. The van der Waals surface area contributed by atoms with Crippen molar-refractivity contribution >= 4 is 0 Å². The van der Waals surface area contributed by atoms with Crippen LogP contribution < -0.4 is 0 Å². The van der Waals surface area contributed by atoms with Crippen LogP contribution in [0.5, 0.6) is 0 Å². The molecule has 0 aromatic rings. The summed E-state index contributed by atoms with van der Waals surface area (Å²) in [7, 11) is 0. The summed E-state index contributed by atoms with van der Waals surface area (Å²) in [5.74, 6) is 0. The van der Waals surface area contributed by atoms with Crippen molar-refractivity contribution in [2.24, 2.45) is 0 Å². The molecule has 20 heavy (non-hydrogen) atoms. The van der Waals surface area contributed by atoms with E-state index in [0.717, 1.165) is 19.3 Å². The minimum Gasteiger partial charge on any atom is -0.264 e. The van der Waals surface area contributed by atoms with Gasteiger partial charge in [0.1, 0.15) is 0 Å². The van der Waals surface area contributed by atoms with E-state index >= 15 is 0 Å². The van der Waals surface area contributed by atoms with E-state index in [2.05, 4.69) is 6.92 Å². The van der Waals surface area contributed by atoms with Gasteiger partial charge in [-0.05, 0) is 6.42 Å². The zero-order valence-corrected chi connectivity index (χ0v) is 12.6. The molecule has 0 aromatic carbocycles. The van der Waals surface area contributed by atoms with Crippen molar-refractivity contribution in [1.82, 2.24) is 0 Å². The summed E-state index contributed by atoms with van der Waals surface area (Å²) in [5.41, 5.74) is 0. The molecular formula is C14H28N2O4. The lowest BCUT2D eigenvalue weighted by Crippen LogP contribution is -2.28. The van der Waals surface area contributed by atoms with E-state index in [9.17, 15) is 20.2 Å². The molecule has 0 N–H and O–H groups in total. The summed E-state index contributed by atoms with van der Waals surface area (Å²) in [6.45, 7) is 1.65. The third-order valence-corrected chi connectivity index (χ3v) is 3.55. The Hall–Kier alpha value is -1.20. The van der Waals surface area contributed by atoms with Crippen LogP contribution in [0.3, 0.4) is 0 Å². The normalized spacial score (nSPS) is 12.2. The lowest BCUT2D eigenvalue weighted by molar-refractivity contribution is -0.588. The topological polar surface area (TPSA) is 86.3 Å². The zero-order valence-electron chi connectivity index (χ0n) is 12.6. The van der Waals surface area contributed by atoms with E-state index in [1.807, 2.05) is 0 Å². The molecule has 0 aliphatic carbocycles. The van der Waals surface area contributed by atoms with Gasteiger partial charge in [0.05, 0.1) is 0 Å². The molecule has 0 saturated carbocycles. The third kappa shape index (κ3) is 11.9. The first kappa shape index (κ1) is 18.8. The van der Waals surface area contributed by atoms with Crippen molar-refractivity contribution in [3.05, 3.63) is 20.2 Å². The SMILES string of the molecule is CCCCCCCCCCCCC(C[N+](=O)[O-])[N+](=O)[O-]. The molecule has 6 heteroatoms. The Bertz CT molecular complexity index is 272. The zero-order chi connectivity index (χ0) is 15.2. The Morgan fingerprint density at radius 2 is 1.25 bits per heavy atom. The maximum Gasteiger partial charge on any atom is 0.276 e. The summed E-state index contributed by atoms with van der Waals surface area (Å²) in [4.78, 5) is 19.8. The van der Waals surface area contributed by atoms with Gasteiger partial charge in [0, 0.05) is 16.3 Å². The van der Waals surface area contributed by atoms with E-state index in [1.54, 1.807) is 0 Å². The first-order valence-electron chi connectivity index (χ1n) is 7.83. The fraction of sp³-hybridized carbons (Fsp3) is 1.00. The largest absolute Gasteiger partial charge is 0.276 e. The van der Waals surface area contributed by atoms with Crippen molar-refractivity contribution < 1.29 is 9.85 Å². The van der Waals surface area contributed by atoms with Crippen LogP contribution >= 0.6 is 0 Å². The predicted molar refractivity (Wildman–Crippen MR) is 79.1 cm³/mol. The predicted octanol–water partition coefficient (Wildman–Crippen LogP) is 4.22. The third-order valence-electron chi connectivity index (χ3n) is 3.55. The molecule has 0 amide bonds. The molecule has 0 rings (SSSR count). The highest BCUT2D eigenvalue weighted by molar-refractivity contribution is 4.56. The average molecular weight is 288 g/mol. The van der Waals surface area contributed by atoms with Crippen LogP contribution in [0.15, 0.2) is 0 Å². The maximum atomic E-state index is 10.6. The molecule has 0 saturated heterocycles. The van der Waals surface area contributed by atoms with Crippen LogP contribution in [0.2, 0.25) is 0 Å². The van der Waals surface area contributed by atoms with Gasteiger partial charge in [0.2, 0.25) is 0 Å². The van der Waals surface area contributed by atoms with E-state index < -0.39 is 22.4 Å². The summed E-state index contributed by atoms with van der Waals surface area (Å²) < 4.78 is 0. The Balaban J connectivity index is 3.41. The summed E-state index contributed by atoms with van der Waals surface area (Å²) >= 11 is 0. The Morgan fingerprint density at radius 1 is 0.800 bits per heavy atom. The van der Waals surface area contributed by atoms with Crippen molar-refractivity contribution in [1.29, 1.82) is 0 Å². The number of hydrogen-bond donors (Lipinski definition) is 0. The highest BCUT2D eigenvalue weighted by Gasteiger charge is 2.25. The second kappa shape index (κ2) is 12.8. The second-order valence-electron chi connectivity index (χ2n) is 5.43. The molecule has 0 spiro atoms. The number of rotatable bonds is 14. The van der Waals surface area contributed by atoms with E-state index in [4.69, 9.17) is 0 Å². The molecule has 0 aromatic heterocycles. The van der Waals surface area contributed by atoms with Gasteiger partial charge in [-0.25, -0.2) is 0 Å². The molecule has 0 radical (unpaired) electrons. The van der Waals surface area contributed by atoms with Gasteiger partial charge < -0.3 is 0 Å². The molecule has 0 aliphatic rings. The molecule has 1 unspecified atom stereocenters. The standard InChI is InChI=1S/C14H28N2O4/c1-2-3-4-5-6-7-8-9-10-11-12-14(16(19)20)13-15(17)18/h14H,2-13H2,1H3. The van der Waals surface area contributed by atoms with E-state index in [1.165, 1.54) is 44.9 Å². The van der Waals surface area contributed by atoms with Gasteiger partial charge >= 0.3 is 0 Å². The van der Waals surface area contributed by atoms with Crippen molar-refractivity contribution in [2.75, 3.05) is 6.54 Å². The van der Waals surface area contributed by atoms with Gasteiger partial charge in [-0.3, -0.25) is 20.2 Å². The van der Waals surface area contributed by atoms with Gasteiger partial charge in [0.15, 0.2) is 0 Å². The fourth-order valence-electron chi connectivity index (χ4n) is 2.30. The Labute approximate surface area is 121 Å². The van der Waals surface area contributed by atoms with Crippen molar-refractivity contribution in [3.8, 4) is 0 Å². The first-order chi connectivity index (χ1) is 9.57. The average Bonchev–Trinajstić information content (AvgIpc) is 2.39. The number of nitro groups is 2. The van der Waals surface area contributed by atoms with Crippen molar-refractivity contribution in [3.63, 3.8) is 0 Å². The van der Waals surface area contributed by atoms with Crippen LogP contribution in [0.4, 0.5) is 0 Å². The van der Waals surface area contributed by atoms with E-state index in [0.29, 0.717) is 6.42 Å². The van der Waals surface area contributed by atoms with Gasteiger partial charge in [-0.15, -0.1) is 0 Å². The fourth-order valence-corrected chi connectivity index (χ4v) is 2.30. The highest BCUT2D eigenvalue weighted by Crippen LogP contribution is 2.12.